The van der Waals surface area contributed by atoms with E-state index >= 15 is 0 Å². The molecular formula is C16H19FN2O. The lowest BCUT2D eigenvalue weighted by Gasteiger charge is -2.48. The average Bonchev–Trinajstić information content (AvgIpc) is 2.47. The quantitative estimate of drug-likeness (QED) is 0.785. The molecule has 0 aromatic heterocycles. The van der Waals surface area contributed by atoms with Gasteiger partial charge in [-0.1, -0.05) is 6.07 Å². The largest absolute Gasteiger partial charge is 0.335 e. The Morgan fingerprint density at radius 2 is 2.25 bits per heavy atom. The van der Waals surface area contributed by atoms with Crippen LogP contribution in [0.25, 0.3) is 0 Å². The summed E-state index contributed by atoms with van der Waals surface area (Å²) in [5.41, 5.74) is 2.23. The molecule has 20 heavy (non-hydrogen) atoms. The minimum Gasteiger partial charge on any atom is -0.335 e. The van der Waals surface area contributed by atoms with E-state index in [1.165, 1.54) is 6.07 Å². The van der Waals surface area contributed by atoms with E-state index in [2.05, 4.69) is 5.32 Å². The molecule has 1 aromatic rings. The molecule has 1 N–H and O–H groups in total. The van der Waals surface area contributed by atoms with Gasteiger partial charge >= 0.3 is 0 Å². The molecule has 106 valence electrons. The second-order valence-electron chi connectivity index (χ2n) is 6.19. The first-order chi connectivity index (χ1) is 9.74. The fourth-order valence-corrected chi connectivity index (χ4v) is 4.15. The lowest BCUT2D eigenvalue weighted by atomic mass is 9.77. The molecule has 3 heterocycles. The van der Waals surface area contributed by atoms with Crippen LogP contribution in [0.15, 0.2) is 18.2 Å². The topological polar surface area (TPSA) is 32.3 Å². The Hall–Kier alpha value is -1.42. The standard InChI is InChI=1S/C16H19FN2O/c17-11-3-4-12-10(8-11)5-7-19-15(12)9-14-13(16(19)20)2-1-6-18-14/h3-4,8,13-15,18H,1-2,5-7,9H2/t13-,14-,15-/m0/s1. The number of nitrogens with zero attached hydrogens (tertiary/aromatic N) is 1. The summed E-state index contributed by atoms with van der Waals surface area (Å²) >= 11 is 0. The van der Waals surface area contributed by atoms with Crippen molar-refractivity contribution in [2.75, 3.05) is 13.1 Å². The van der Waals surface area contributed by atoms with E-state index in [-0.39, 0.29) is 17.8 Å². The molecular weight excluding hydrogens is 255 g/mol. The number of halogens is 1. The summed E-state index contributed by atoms with van der Waals surface area (Å²) in [4.78, 5) is 14.7. The number of hydrogen-bond acceptors (Lipinski definition) is 2. The van der Waals surface area contributed by atoms with E-state index in [0.29, 0.717) is 11.9 Å². The molecule has 2 fully saturated rings. The monoisotopic (exact) mass is 274 g/mol. The first-order valence-corrected chi connectivity index (χ1v) is 7.56. The molecule has 0 saturated carbocycles. The van der Waals surface area contributed by atoms with Gasteiger partial charge < -0.3 is 10.2 Å². The second kappa shape index (κ2) is 4.55. The van der Waals surface area contributed by atoms with Crippen LogP contribution < -0.4 is 5.32 Å². The van der Waals surface area contributed by atoms with E-state index in [1.807, 2.05) is 11.0 Å². The van der Waals surface area contributed by atoms with Crippen molar-refractivity contribution in [1.29, 1.82) is 0 Å². The fraction of sp³-hybridized carbons (Fsp3) is 0.562. The van der Waals surface area contributed by atoms with Crippen LogP contribution in [0.2, 0.25) is 0 Å². The van der Waals surface area contributed by atoms with Crippen LogP contribution in [0.5, 0.6) is 0 Å². The summed E-state index contributed by atoms with van der Waals surface area (Å²) < 4.78 is 13.4. The number of carbonyl (C=O) groups excluding carboxylic acids is 1. The Kier molecular flexibility index (Phi) is 2.81. The Labute approximate surface area is 118 Å². The molecule has 0 bridgehead atoms. The van der Waals surface area contributed by atoms with Crippen LogP contribution in [-0.4, -0.2) is 29.9 Å². The van der Waals surface area contributed by atoms with Gasteiger partial charge in [0.2, 0.25) is 5.91 Å². The van der Waals surface area contributed by atoms with Crippen molar-refractivity contribution in [3.63, 3.8) is 0 Å². The summed E-state index contributed by atoms with van der Waals surface area (Å²) in [5, 5.41) is 3.51. The van der Waals surface area contributed by atoms with E-state index in [9.17, 15) is 9.18 Å². The molecule has 3 nitrogen and oxygen atoms in total. The van der Waals surface area contributed by atoms with Crippen LogP contribution >= 0.6 is 0 Å². The molecule has 0 spiro atoms. The van der Waals surface area contributed by atoms with Crippen molar-refractivity contribution in [3.8, 4) is 0 Å². The van der Waals surface area contributed by atoms with Crippen LogP contribution in [0, 0.1) is 11.7 Å². The summed E-state index contributed by atoms with van der Waals surface area (Å²) in [5.74, 6) is 0.281. The maximum absolute atomic E-state index is 13.4. The van der Waals surface area contributed by atoms with Gasteiger partial charge in [0, 0.05) is 12.6 Å². The number of carbonyl (C=O) groups is 1. The minimum atomic E-state index is -0.173. The highest BCUT2D eigenvalue weighted by atomic mass is 19.1. The summed E-state index contributed by atoms with van der Waals surface area (Å²) in [6.07, 6.45) is 3.85. The number of piperidine rings is 2. The van der Waals surface area contributed by atoms with E-state index in [1.54, 1.807) is 6.07 Å². The molecule has 3 aliphatic heterocycles. The third kappa shape index (κ3) is 1.78. The van der Waals surface area contributed by atoms with Crippen molar-refractivity contribution in [2.24, 2.45) is 5.92 Å². The second-order valence-corrected chi connectivity index (χ2v) is 6.19. The number of fused-ring (bicyclic) bond motifs is 4. The van der Waals surface area contributed by atoms with Crippen LogP contribution in [-0.2, 0) is 11.2 Å². The highest BCUT2D eigenvalue weighted by Gasteiger charge is 2.44. The number of benzene rings is 1. The van der Waals surface area contributed by atoms with Crippen LogP contribution in [0.1, 0.15) is 36.4 Å². The predicted molar refractivity (Wildman–Crippen MR) is 73.7 cm³/mol. The lowest BCUT2D eigenvalue weighted by Crippen LogP contribution is -2.57. The first-order valence-electron chi connectivity index (χ1n) is 7.56. The molecule has 0 aliphatic carbocycles. The van der Waals surface area contributed by atoms with Crippen molar-refractivity contribution in [3.05, 3.63) is 35.1 Å². The SMILES string of the molecule is O=C1[C@H]2CCCN[C@H]2C[C@H]2c3ccc(F)cc3CCN12. The maximum Gasteiger partial charge on any atom is 0.227 e. The minimum absolute atomic E-state index is 0.138. The van der Waals surface area contributed by atoms with Crippen molar-refractivity contribution < 1.29 is 9.18 Å². The molecule has 0 unspecified atom stereocenters. The van der Waals surface area contributed by atoms with E-state index in [0.717, 1.165) is 49.9 Å². The van der Waals surface area contributed by atoms with Crippen molar-refractivity contribution >= 4 is 5.91 Å². The zero-order valence-electron chi connectivity index (χ0n) is 11.4. The van der Waals surface area contributed by atoms with Gasteiger partial charge in [0.05, 0.1) is 12.0 Å². The fourth-order valence-electron chi connectivity index (χ4n) is 4.15. The smallest absolute Gasteiger partial charge is 0.227 e. The summed E-state index contributed by atoms with van der Waals surface area (Å²) in [7, 11) is 0. The first kappa shape index (κ1) is 12.3. The van der Waals surface area contributed by atoms with Gasteiger partial charge in [-0.2, -0.15) is 0 Å². The number of rotatable bonds is 0. The van der Waals surface area contributed by atoms with Gasteiger partial charge in [-0.15, -0.1) is 0 Å². The van der Waals surface area contributed by atoms with Gasteiger partial charge in [-0.3, -0.25) is 4.79 Å². The number of amides is 1. The number of nitrogens with one attached hydrogen (secondary N) is 1. The molecule has 2 saturated heterocycles. The predicted octanol–water partition coefficient (Wildman–Crippen LogP) is 2.02. The molecule has 3 atom stereocenters. The molecule has 0 radical (unpaired) electrons. The van der Waals surface area contributed by atoms with Gasteiger partial charge in [0.1, 0.15) is 5.82 Å². The van der Waals surface area contributed by atoms with Crippen molar-refractivity contribution in [1.82, 2.24) is 10.2 Å². The molecule has 3 aliphatic rings. The zero-order chi connectivity index (χ0) is 13.7. The molecule has 4 rings (SSSR count). The van der Waals surface area contributed by atoms with E-state index in [4.69, 9.17) is 0 Å². The third-order valence-corrected chi connectivity index (χ3v) is 5.12. The van der Waals surface area contributed by atoms with Crippen molar-refractivity contribution in [2.45, 2.75) is 37.8 Å². The molecule has 4 heteroatoms. The Morgan fingerprint density at radius 1 is 1.35 bits per heavy atom. The maximum atomic E-state index is 13.4. The van der Waals surface area contributed by atoms with Gasteiger partial charge in [0.15, 0.2) is 0 Å². The Balaban J connectivity index is 1.71. The van der Waals surface area contributed by atoms with Crippen LogP contribution in [0.3, 0.4) is 0 Å². The lowest BCUT2D eigenvalue weighted by molar-refractivity contribution is -0.145. The van der Waals surface area contributed by atoms with Gasteiger partial charge in [0.25, 0.3) is 0 Å². The van der Waals surface area contributed by atoms with Gasteiger partial charge in [-0.25, -0.2) is 4.39 Å². The van der Waals surface area contributed by atoms with E-state index < -0.39 is 0 Å². The Bertz CT molecular complexity index is 559. The summed E-state index contributed by atoms with van der Waals surface area (Å²) in [6.45, 7) is 1.75. The normalized spacial score (nSPS) is 32.4. The highest BCUT2D eigenvalue weighted by Crippen LogP contribution is 2.41. The third-order valence-electron chi connectivity index (χ3n) is 5.12. The van der Waals surface area contributed by atoms with Gasteiger partial charge in [-0.05, 0) is 55.5 Å². The molecule has 1 aromatic carbocycles. The number of hydrogen-bond donors (Lipinski definition) is 1. The summed E-state index contributed by atoms with van der Waals surface area (Å²) in [6, 6.07) is 5.47. The highest BCUT2D eigenvalue weighted by molar-refractivity contribution is 5.81. The van der Waals surface area contributed by atoms with Crippen LogP contribution in [0.4, 0.5) is 4.39 Å². The average molecular weight is 274 g/mol. The Morgan fingerprint density at radius 3 is 3.15 bits per heavy atom. The molecule has 1 amide bonds. The zero-order valence-corrected chi connectivity index (χ0v) is 11.4.